The van der Waals surface area contributed by atoms with Gasteiger partial charge in [0.1, 0.15) is 0 Å². The molecule has 1 aromatic carbocycles. The number of carboxylic acid groups (broad SMARTS) is 1. The van der Waals surface area contributed by atoms with Crippen LogP contribution in [0.3, 0.4) is 0 Å². The number of hydrogen-bond acceptors (Lipinski definition) is 5. The average molecular weight is 315 g/mol. The van der Waals surface area contributed by atoms with E-state index in [4.69, 9.17) is 0 Å². The smallest absolute Gasteiger partial charge is 0.230 e. The summed E-state index contributed by atoms with van der Waals surface area (Å²) in [6, 6.07) is 7.60. The largest absolute Gasteiger partial charge is 0.550 e. The van der Waals surface area contributed by atoms with Crippen LogP contribution in [0, 0.1) is 11.8 Å². The summed E-state index contributed by atoms with van der Waals surface area (Å²) in [7, 11) is 0. The predicted octanol–water partition coefficient (Wildman–Crippen LogP) is 1.96. The van der Waals surface area contributed by atoms with Crippen molar-refractivity contribution in [2.24, 2.45) is 11.8 Å². The maximum atomic E-state index is 12.4. The number of carbonyl (C=O) groups is 2. The van der Waals surface area contributed by atoms with Crippen molar-refractivity contribution in [2.45, 2.75) is 19.8 Å². The molecular formula is C16H15N2O3S-. The minimum Gasteiger partial charge on any atom is -0.550 e. The summed E-state index contributed by atoms with van der Waals surface area (Å²) in [5, 5.41) is 14.5. The Labute approximate surface area is 131 Å². The molecule has 0 radical (unpaired) electrons. The first-order valence-corrected chi connectivity index (χ1v) is 7.89. The van der Waals surface area contributed by atoms with E-state index >= 15 is 0 Å². The minimum absolute atomic E-state index is 0.308. The zero-order valence-electron chi connectivity index (χ0n) is 12.0. The molecule has 1 N–H and O–H groups in total. The summed E-state index contributed by atoms with van der Waals surface area (Å²) in [6.45, 7) is 1.87. The van der Waals surface area contributed by atoms with Crippen molar-refractivity contribution in [2.75, 3.05) is 5.32 Å². The Hall–Kier alpha value is -2.21. The zero-order chi connectivity index (χ0) is 15.7. The van der Waals surface area contributed by atoms with Gasteiger partial charge in [0.05, 0.1) is 16.1 Å². The molecule has 3 rings (SSSR count). The van der Waals surface area contributed by atoms with Crippen LogP contribution in [0.5, 0.6) is 0 Å². The highest BCUT2D eigenvalue weighted by Gasteiger charge is 2.31. The first kappa shape index (κ1) is 14.7. The molecule has 0 unspecified atom stereocenters. The molecular weight excluding hydrogens is 300 g/mol. The van der Waals surface area contributed by atoms with E-state index < -0.39 is 17.8 Å². The van der Waals surface area contributed by atoms with E-state index in [1.165, 1.54) is 11.3 Å². The van der Waals surface area contributed by atoms with Crippen LogP contribution in [0.2, 0.25) is 0 Å². The Kier molecular flexibility index (Phi) is 3.94. The van der Waals surface area contributed by atoms with Crippen molar-refractivity contribution in [1.29, 1.82) is 0 Å². The predicted molar refractivity (Wildman–Crippen MR) is 83.2 cm³/mol. The number of carbonyl (C=O) groups excluding carboxylic acids is 2. The lowest BCUT2D eigenvalue weighted by Gasteiger charge is -2.30. The van der Waals surface area contributed by atoms with Gasteiger partial charge in [-0.05, 0) is 31.9 Å². The van der Waals surface area contributed by atoms with Gasteiger partial charge in [-0.1, -0.05) is 35.1 Å². The van der Waals surface area contributed by atoms with E-state index in [-0.39, 0.29) is 5.91 Å². The van der Waals surface area contributed by atoms with E-state index in [1.807, 2.05) is 37.3 Å². The van der Waals surface area contributed by atoms with Gasteiger partial charge in [0, 0.05) is 11.9 Å². The minimum atomic E-state index is -1.17. The fourth-order valence-electron chi connectivity index (χ4n) is 2.73. The second-order valence-electron chi connectivity index (χ2n) is 5.50. The van der Waals surface area contributed by atoms with Gasteiger partial charge in [0.25, 0.3) is 0 Å². The molecule has 1 amide bonds. The van der Waals surface area contributed by atoms with E-state index in [1.54, 1.807) is 0 Å². The molecule has 1 aliphatic carbocycles. The molecule has 0 saturated carbocycles. The Morgan fingerprint density at radius 1 is 1.32 bits per heavy atom. The van der Waals surface area contributed by atoms with Crippen molar-refractivity contribution in [3.8, 4) is 0 Å². The molecule has 0 spiro atoms. The molecule has 6 heteroatoms. The summed E-state index contributed by atoms with van der Waals surface area (Å²) in [4.78, 5) is 28.0. The zero-order valence-corrected chi connectivity index (χ0v) is 12.9. The maximum Gasteiger partial charge on any atom is 0.230 e. The van der Waals surface area contributed by atoms with Crippen LogP contribution < -0.4 is 10.4 Å². The summed E-state index contributed by atoms with van der Waals surface area (Å²) < 4.78 is 0.980. The van der Waals surface area contributed by atoms with Gasteiger partial charge in [0.15, 0.2) is 5.13 Å². The standard InChI is InChI=1S/C16H16N2O3S/c1-9-6-7-10(11(8-9)15(20)21)14(19)18-16-17-12-4-2-3-5-13(12)22-16/h2-6,10-11H,7-8H2,1H3,(H,20,21)(H,17,18,19)/p-1/t10-,11+/m1/s1. The van der Waals surface area contributed by atoms with Crippen LogP contribution in [0.1, 0.15) is 19.8 Å². The van der Waals surface area contributed by atoms with Crippen molar-refractivity contribution in [3.05, 3.63) is 35.9 Å². The normalized spacial score (nSPS) is 21.4. The molecule has 2 aromatic rings. The van der Waals surface area contributed by atoms with Gasteiger partial charge in [-0.15, -0.1) is 0 Å². The van der Waals surface area contributed by atoms with Crippen LogP contribution in [0.4, 0.5) is 5.13 Å². The molecule has 5 nitrogen and oxygen atoms in total. The lowest BCUT2D eigenvalue weighted by molar-refractivity contribution is -0.313. The van der Waals surface area contributed by atoms with Gasteiger partial charge in [-0.2, -0.15) is 0 Å². The van der Waals surface area contributed by atoms with Crippen LogP contribution in [0.15, 0.2) is 35.9 Å². The van der Waals surface area contributed by atoms with Crippen LogP contribution in [-0.4, -0.2) is 16.9 Å². The topological polar surface area (TPSA) is 82.1 Å². The van der Waals surface area contributed by atoms with E-state index in [2.05, 4.69) is 10.3 Å². The summed E-state index contributed by atoms with van der Waals surface area (Å²) in [5.74, 6) is -2.87. The Morgan fingerprint density at radius 2 is 2.09 bits per heavy atom. The maximum absolute atomic E-state index is 12.4. The quantitative estimate of drug-likeness (QED) is 0.878. The number of hydrogen-bond donors (Lipinski definition) is 1. The Balaban J connectivity index is 1.79. The van der Waals surface area contributed by atoms with E-state index in [0.29, 0.717) is 18.0 Å². The monoisotopic (exact) mass is 315 g/mol. The molecule has 2 atom stereocenters. The molecule has 114 valence electrons. The van der Waals surface area contributed by atoms with Gasteiger partial charge in [-0.3, -0.25) is 4.79 Å². The highest BCUT2D eigenvalue weighted by Crippen LogP contribution is 2.31. The first-order chi connectivity index (χ1) is 10.5. The molecule has 0 saturated heterocycles. The lowest BCUT2D eigenvalue weighted by atomic mass is 9.79. The van der Waals surface area contributed by atoms with Crippen molar-refractivity contribution >= 4 is 38.6 Å². The molecule has 22 heavy (non-hydrogen) atoms. The molecule has 1 aliphatic rings. The molecule has 0 aliphatic heterocycles. The average Bonchev–Trinajstić information content (AvgIpc) is 2.89. The number of allylic oxidation sites excluding steroid dienone is 2. The fourth-order valence-corrected chi connectivity index (χ4v) is 3.59. The number of nitrogens with zero attached hydrogens (tertiary/aromatic N) is 1. The molecule has 1 heterocycles. The molecule has 0 fully saturated rings. The number of carboxylic acids is 1. The molecule has 1 aromatic heterocycles. The highest BCUT2D eigenvalue weighted by molar-refractivity contribution is 7.22. The summed E-state index contributed by atoms with van der Waals surface area (Å²) in [6.07, 6.45) is 2.70. The SMILES string of the molecule is CC1=CC[C@@H](C(=O)Nc2nc3ccccc3s2)[C@@H](C(=O)[O-])C1. The Bertz CT molecular complexity index is 733. The number of nitrogens with one attached hydrogen (secondary N) is 1. The lowest BCUT2D eigenvalue weighted by Crippen LogP contribution is -2.42. The number of para-hydroxylation sites is 1. The van der Waals surface area contributed by atoms with Crippen LogP contribution in [-0.2, 0) is 9.59 Å². The van der Waals surface area contributed by atoms with Crippen molar-refractivity contribution < 1.29 is 14.7 Å². The fraction of sp³-hybridized carbons (Fsp3) is 0.312. The van der Waals surface area contributed by atoms with Gasteiger partial charge >= 0.3 is 0 Å². The van der Waals surface area contributed by atoms with Crippen molar-refractivity contribution in [3.63, 3.8) is 0 Å². The molecule has 0 bridgehead atoms. The highest BCUT2D eigenvalue weighted by atomic mass is 32.1. The second kappa shape index (κ2) is 5.88. The van der Waals surface area contributed by atoms with Gasteiger partial charge in [0.2, 0.25) is 5.91 Å². The van der Waals surface area contributed by atoms with Crippen LogP contribution in [0.25, 0.3) is 10.2 Å². The number of aromatic nitrogens is 1. The third-order valence-corrected chi connectivity index (χ3v) is 4.86. The van der Waals surface area contributed by atoms with E-state index in [9.17, 15) is 14.7 Å². The van der Waals surface area contributed by atoms with Crippen LogP contribution >= 0.6 is 11.3 Å². The number of aliphatic carboxylic acids is 1. The van der Waals surface area contributed by atoms with Crippen molar-refractivity contribution in [1.82, 2.24) is 4.98 Å². The van der Waals surface area contributed by atoms with Gasteiger partial charge < -0.3 is 15.2 Å². The first-order valence-electron chi connectivity index (χ1n) is 7.07. The number of amides is 1. The summed E-state index contributed by atoms with van der Waals surface area (Å²) >= 11 is 1.38. The number of rotatable bonds is 3. The number of fused-ring (bicyclic) bond motifs is 1. The third-order valence-electron chi connectivity index (χ3n) is 3.91. The van der Waals surface area contributed by atoms with Gasteiger partial charge in [-0.25, -0.2) is 4.98 Å². The summed E-state index contributed by atoms with van der Waals surface area (Å²) in [5.41, 5.74) is 1.80. The number of thiazole rings is 1. The van der Waals surface area contributed by atoms with E-state index in [0.717, 1.165) is 15.8 Å². The third kappa shape index (κ3) is 2.87. The Morgan fingerprint density at radius 3 is 2.82 bits per heavy atom. The second-order valence-corrected chi connectivity index (χ2v) is 6.53. The number of anilines is 1. The number of benzene rings is 1.